The number of carbonyl (C=O) groups excluding carboxylic acids is 3. The van der Waals surface area contributed by atoms with Gasteiger partial charge in [-0.25, -0.2) is 0 Å². The lowest BCUT2D eigenvalue weighted by Gasteiger charge is -2.42. The van der Waals surface area contributed by atoms with Gasteiger partial charge in [-0.15, -0.1) is 24.9 Å². The summed E-state index contributed by atoms with van der Waals surface area (Å²) < 4.78 is 4.86. The Labute approximate surface area is 206 Å². The smallest absolute Gasteiger partial charge is 0.310 e. The molecule has 1 spiro atoms. The Morgan fingerprint density at radius 2 is 2.00 bits per heavy atom. The Bertz CT molecular complexity index is 828. The van der Waals surface area contributed by atoms with Gasteiger partial charge in [-0.1, -0.05) is 31.4 Å². The van der Waals surface area contributed by atoms with Crippen LogP contribution >= 0.6 is 11.8 Å². The second-order valence-electron chi connectivity index (χ2n) is 10.1. The number of ether oxygens (including phenoxy) is 1. The minimum absolute atomic E-state index is 0.0189. The molecule has 4 rings (SSSR count). The van der Waals surface area contributed by atoms with Gasteiger partial charge in [-0.3, -0.25) is 14.4 Å². The molecular weight excluding hydrogens is 452 g/mol. The zero-order valence-corrected chi connectivity index (χ0v) is 21.0. The van der Waals surface area contributed by atoms with Crippen molar-refractivity contribution in [1.82, 2.24) is 9.80 Å². The van der Waals surface area contributed by atoms with Crippen LogP contribution in [-0.4, -0.2) is 80.6 Å². The fourth-order valence-electron chi connectivity index (χ4n) is 6.65. The van der Waals surface area contributed by atoms with Crippen molar-refractivity contribution in [3.63, 3.8) is 0 Å². The number of hydrogen-bond donors (Lipinski definition) is 1. The third kappa shape index (κ3) is 4.11. The van der Waals surface area contributed by atoms with Crippen LogP contribution in [0.2, 0.25) is 0 Å². The topological polar surface area (TPSA) is 87.1 Å². The molecular formula is C26H38N2O5S. The van der Waals surface area contributed by atoms with E-state index in [1.165, 1.54) is 6.42 Å². The molecule has 0 aromatic heterocycles. The van der Waals surface area contributed by atoms with Gasteiger partial charge in [-0.05, 0) is 39.0 Å². The van der Waals surface area contributed by atoms with Crippen LogP contribution in [0.4, 0.5) is 0 Å². The summed E-state index contributed by atoms with van der Waals surface area (Å²) in [5.74, 6) is -1.74. The predicted molar refractivity (Wildman–Crippen MR) is 132 cm³/mol. The van der Waals surface area contributed by atoms with E-state index < -0.39 is 28.7 Å². The van der Waals surface area contributed by atoms with Crippen molar-refractivity contribution >= 4 is 29.5 Å². The SMILES string of the molecule is C=CCCOC(=O)[C@@H]1[C@H]2C(=O)N([C@H](C)CO)C(C(=O)N(CC=C)C3CCCCC3)C23CC[C@H]1S3. The highest BCUT2D eigenvalue weighted by atomic mass is 32.2. The number of aliphatic hydroxyl groups excluding tert-OH is 1. The minimum atomic E-state index is -0.685. The molecule has 34 heavy (non-hydrogen) atoms. The van der Waals surface area contributed by atoms with Crippen molar-refractivity contribution in [3.05, 3.63) is 25.3 Å². The fraction of sp³-hybridized carbons (Fsp3) is 0.731. The first kappa shape index (κ1) is 25.3. The quantitative estimate of drug-likeness (QED) is 0.288. The highest BCUT2D eigenvalue weighted by Crippen LogP contribution is 2.67. The predicted octanol–water partition coefficient (Wildman–Crippen LogP) is 2.93. The molecule has 6 atom stereocenters. The Balaban J connectivity index is 1.69. The number of thioether (sulfide) groups is 1. The molecule has 7 nitrogen and oxygen atoms in total. The molecule has 1 aliphatic carbocycles. The van der Waals surface area contributed by atoms with Crippen LogP contribution in [0.3, 0.4) is 0 Å². The molecule has 0 aromatic rings. The molecule has 0 radical (unpaired) electrons. The highest BCUT2D eigenvalue weighted by Gasteiger charge is 2.74. The molecule has 4 fully saturated rings. The first-order valence-corrected chi connectivity index (χ1v) is 13.6. The minimum Gasteiger partial charge on any atom is -0.465 e. The van der Waals surface area contributed by atoms with E-state index in [2.05, 4.69) is 13.2 Å². The first-order valence-electron chi connectivity index (χ1n) is 12.7. The molecule has 0 aromatic carbocycles. The number of carbonyl (C=O) groups is 3. The van der Waals surface area contributed by atoms with E-state index in [0.29, 0.717) is 19.4 Å². The molecule has 3 aliphatic heterocycles. The molecule has 2 amide bonds. The van der Waals surface area contributed by atoms with Crippen LogP contribution in [0.25, 0.3) is 0 Å². The maximum absolute atomic E-state index is 14.3. The van der Waals surface area contributed by atoms with E-state index in [9.17, 15) is 19.5 Å². The second kappa shape index (κ2) is 10.4. The number of hydrogen-bond acceptors (Lipinski definition) is 6. The maximum atomic E-state index is 14.3. The zero-order chi connectivity index (χ0) is 24.5. The number of fused-ring (bicyclic) bond motifs is 1. The number of aliphatic hydroxyl groups is 1. The van der Waals surface area contributed by atoms with E-state index in [4.69, 9.17) is 4.74 Å². The van der Waals surface area contributed by atoms with Gasteiger partial charge < -0.3 is 19.6 Å². The molecule has 3 heterocycles. The van der Waals surface area contributed by atoms with Crippen molar-refractivity contribution in [3.8, 4) is 0 Å². The van der Waals surface area contributed by atoms with E-state index in [0.717, 1.165) is 32.1 Å². The van der Waals surface area contributed by atoms with Crippen LogP contribution in [0, 0.1) is 11.8 Å². The van der Waals surface area contributed by atoms with E-state index in [1.54, 1.807) is 35.7 Å². The number of likely N-dealkylation sites (tertiary alicyclic amines) is 1. The monoisotopic (exact) mass is 490 g/mol. The molecule has 2 unspecified atom stereocenters. The summed E-state index contributed by atoms with van der Waals surface area (Å²) >= 11 is 1.64. The van der Waals surface area contributed by atoms with Crippen LogP contribution in [0.15, 0.2) is 25.3 Å². The van der Waals surface area contributed by atoms with Gasteiger partial charge in [0.2, 0.25) is 11.8 Å². The Morgan fingerprint density at radius 3 is 2.65 bits per heavy atom. The van der Waals surface area contributed by atoms with E-state index in [1.807, 2.05) is 4.90 Å². The molecule has 1 N–H and O–H groups in total. The van der Waals surface area contributed by atoms with Crippen LogP contribution < -0.4 is 0 Å². The fourth-order valence-corrected chi connectivity index (χ4v) is 8.83. The summed E-state index contributed by atoms with van der Waals surface area (Å²) in [6.45, 7) is 9.79. The van der Waals surface area contributed by atoms with Crippen molar-refractivity contribution < 1.29 is 24.2 Å². The van der Waals surface area contributed by atoms with Crippen LogP contribution in [0.5, 0.6) is 0 Å². The molecule has 188 valence electrons. The third-order valence-electron chi connectivity index (χ3n) is 8.17. The van der Waals surface area contributed by atoms with Gasteiger partial charge >= 0.3 is 5.97 Å². The summed E-state index contributed by atoms with van der Waals surface area (Å²) in [6, 6.07) is -1.05. The average Bonchev–Trinajstić information content (AvgIpc) is 3.49. The summed E-state index contributed by atoms with van der Waals surface area (Å²) in [5.41, 5.74) is 0. The Hall–Kier alpha value is -1.80. The number of esters is 1. The second-order valence-corrected chi connectivity index (χ2v) is 11.8. The molecule has 1 saturated carbocycles. The van der Waals surface area contributed by atoms with Crippen LogP contribution in [-0.2, 0) is 19.1 Å². The summed E-state index contributed by atoms with van der Waals surface area (Å²) in [6.07, 6.45) is 10.8. The lowest BCUT2D eigenvalue weighted by molar-refractivity contribution is -0.154. The molecule has 2 bridgehead atoms. The summed E-state index contributed by atoms with van der Waals surface area (Å²) in [7, 11) is 0. The van der Waals surface area contributed by atoms with Gasteiger partial charge in [0.1, 0.15) is 6.04 Å². The van der Waals surface area contributed by atoms with E-state index >= 15 is 0 Å². The van der Waals surface area contributed by atoms with Gasteiger partial charge in [0, 0.05) is 17.8 Å². The summed E-state index contributed by atoms with van der Waals surface area (Å²) in [5, 5.41) is 9.99. The van der Waals surface area contributed by atoms with E-state index in [-0.39, 0.29) is 42.3 Å². The zero-order valence-electron chi connectivity index (χ0n) is 20.2. The summed E-state index contributed by atoms with van der Waals surface area (Å²) in [4.78, 5) is 44.8. The molecule has 3 saturated heterocycles. The standard InChI is InChI=1S/C26H38N2O5S/c1-4-6-15-33-25(32)20-19-12-13-26(34-19)21(20)23(30)28(17(3)16-29)22(26)24(31)27(14-5-2)18-10-8-7-9-11-18/h4-5,17-22,29H,1-2,6-16H2,3H3/t17-,19-,20+,21+,22?,26?/m1/s1. The van der Waals surface area contributed by atoms with Gasteiger partial charge in [-0.2, -0.15) is 0 Å². The Morgan fingerprint density at radius 1 is 1.26 bits per heavy atom. The number of amides is 2. The number of rotatable bonds is 10. The van der Waals surface area contributed by atoms with Gasteiger partial charge in [0.05, 0.1) is 35.8 Å². The first-order chi connectivity index (χ1) is 16.4. The van der Waals surface area contributed by atoms with Crippen molar-refractivity contribution in [2.24, 2.45) is 11.8 Å². The van der Waals surface area contributed by atoms with Gasteiger partial charge in [0.25, 0.3) is 0 Å². The van der Waals surface area contributed by atoms with Crippen molar-refractivity contribution in [2.45, 2.75) is 86.4 Å². The average molecular weight is 491 g/mol. The van der Waals surface area contributed by atoms with Gasteiger partial charge in [0.15, 0.2) is 0 Å². The molecule has 4 aliphatic rings. The number of nitrogens with zero attached hydrogens (tertiary/aromatic N) is 2. The lowest BCUT2D eigenvalue weighted by Crippen LogP contribution is -2.58. The van der Waals surface area contributed by atoms with Crippen molar-refractivity contribution in [2.75, 3.05) is 19.8 Å². The third-order valence-corrected chi connectivity index (χ3v) is 10.1. The largest absolute Gasteiger partial charge is 0.465 e. The highest BCUT2D eigenvalue weighted by molar-refractivity contribution is 8.02. The van der Waals surface area contributed by atoms with Crippen molar-refractivity contribution in [1.29, 1.82) is 0 Å². The molecule has 8 heteroatoms. The maximum Gasteiger partial charge on any atom is 0.310 e. The lowest BCUT2D eigenvalue weighted by atomic mass is 9.71. The normalized spacial score (nSPS) is 33.5. The van der Waals surface area contributed by atoms with Crippen LogP contribution in [0.1, 0.15) is 58.3 Å². The Kier molecular flexibility index (Phi) is 7.77.